The standard InChI is InChI=1S/C49H52O6/c1-3-4-5-6-8-16-35-54-49(51)40-24-22-36(23-25-40)37-26-30-41(31-27-37)55-46(50)21-10-7-9-15-34-53-45-33-29-39-18-12-14-20-43(39)48(45)47-42-19-13-11-17-38(42)28-32-44(47)52-2/h11-14,17-20,22-33H,3-10,15-16,21,34-35H2,1-2H3. The number of unbranched alkanes of at least 4 members (excludes halogenated alkanes) is 8. The molecule has 0 saturated carbocycles. The number of benzene rings is 6. The molecule has 0 unspecified atom stereocenters. The van der Waals surface area contributed by atoms with Crippen LogP contribution in [0.15, 0.2) is 121 Å². The molecule has 0 fully saturated rings. The molecular weight excluding hydrogens is 685 g/mol. The lowest BCUT2D eigenvalue weighted by atomic mass is 9.92. The molecule has 6 aromatic carbocycles. The molecule has 0 saturated heterocycles. The second kappa shape index (κ2) is 20.2. The highest BCUT2D eigenvalue weighted by atomic mass is 16.5. The topological polar surface area (TPSA) is 71.1 Å². The van der Waals surface area contributed by atoms with E-state index in [0.29, 0.717) is 30.9 Å². The zero-order valence-electron chi connectivity index (χ0n) is 32.2. The molecule has 6 aromatic rings. The number of esters is 2. The van der Waals surface area contributed by atoms with Gasteiger partial charge in [0.25, 0.3) is 0 Å². The zero-order chi connectivity index (χ0) is 38.2. The lowest BCUT2D eigenvalue weighted by molar-refractivity contribution is -0.134. The fraction of sp³-hybridized carbons (Fsp3) is 0.306. The lowest BCUT2D eigenvalue weighted by Gasteiger charge is -2.19. The minimum Gasteiger partial charge on any atom is -0.496 e. The Morgan fingerprint density at radius 1 is 0.527 bits per heavy atom. The lowest BCUT2D eigenvalue weighted by Crippen LogP contribution is -2.07. The molecule has 0 amide bonds. The molecule has 0 atom stereocenters. The van der Waals surface area contributed by atoms with E-state index >= 15 is 0 Å². The first kappa shape index (κ1) is 39.1. The summed E-state index contributed by atoms with van der Waals surface area (Å²) in [6.45, 7) is 3.23. The maximum Gasteiger partial charge on any atom is 0.338 e. The van der Waals surface area contributed by atoms with Crippen LogP contribution in [-0.2, 0) is 9.53 Å². The highest BCUT2D eigenvalue weighted by Crippen LogP contribution is 2.45. The van der Waals surface area contributed by atoms with Crippen molar-refractivity contribution < 1.29 is 28.5 Å². The summed E-state index contributed by atoms with van der Waals surface area (Å²) in [5.41, 5.74) is 4.56. The zero-order valence-corrected chi connectivity index (χ0v) is 32.2. The molecule has 0 aliphatic rings. The maximum absolute atomic E-state index is 12.6. The second-order valence-corrected chi connectivity index (χ2v) is 14.0. The fourth-order valence-electron chi connectivity index (χ4n) is 7.04. The Kier molecular flexibility index (Phi) is 14.3. The molecule has 0 aliphatic carbocycles. The third kappa shape index (κ3) is 10.5. The quantitative estimate of drug-likeness (QED) is 0.0441. The largest absolute Gasteiger partial charge is 0.496 e. The Hall–Kier alpha value is -5.62. The number of hydrogen-bond donors (Lipinski definition) is 0. The Balaban J connectivity index is 0.938. The first-order chi connectivity index (χ1) is 27.1. The summed E-state index contributed by atoms with van der Waals surface area (Å²) >= 11 is 0. The van der Waals surface area contributed by atoms with Crippen molar-refractivity contribution in [3.63, 3.8) is 0 Å². The van der Waals surface area contributed by atoms with Gasteiger partial charge in [0.2, 0.25) is 0 Å². The molecule has 284 valence electrons. The number of rotatable bonds is 20. The third-order valence-corrected chi connectivity index (χ3v) is 10.1. The third-order valence-electron chi connectivity index (χ3n) is 10.1. The van der Waals surface area contributed by atoms with Gasteiger partial charge in [0, 0.05) is 17.5 Å². The Morgan fingerprint density at radius 2 is 1.07 bits per heavy atom. The molecule has 0 radical (unpaired) electrons. The molecule has 6 heteroatoms. The molecule has 0 aromatic heterocycles. The Labute approximate surface area is 325 Å². The van der Waals surface area contributed by atoms with E-state index in [0.717, 1.165) is 93.8 Å². The first-order valence-corrected chi connectivity index (χ1v) is 19.8. The smallest absolute Gasteiger partial charge is 0.338 e. The average molecular weight is 737 g/mol. The van der Waals surface area contributed by atoms with Crippen LogP contribution >= 0.6 is 0 Å². The van der Waals surface area contributed by atoms with E-state index in [1.165, 1.54) is 25.7 Å². The summed E-state index contributed by atoms with van der Waals surface area (Å²) in [5.74, 6) is 1.64. The van der Waals surface area contributed by atoms with Crippen LogP contribution in [0.3, 0.4) is 0 Å². The van der Waals surface area contributed by atoms with E-state index in [4.69, 9.17) is 18.9 Å². The van der Waals surface area contributed by atoms with Crippen LogP contribution in [0.4, 0.5) is 0 Å². The van der Waals surface area contributed by atoms with E-state index in [2.05, 4.69) is 73.7 Å². The molecule has 0 heterocycles. The van der Waals surface area contributed by atoms with E-state index in [1.807, 2.05) is 42.5 Å². The van der Waals surface area contributed by atoms with Crippen molar-refractivity contribution in [3.8, 4) is 39.5 Å². The predicted molar refractivity (Wildman–Crippen MR) is 223 cm³/mol. The summed E-state index contributed by atoms with van der Waals surface area (Å²) in [5, 5.41) is 4.53. The molecule has 6 rings (SSSR count). The Bertz CT molecular complexity index is 2150. The van der Waals surface area contributed by atoms with Gasteiger partial charge in [-0.3, -0.25) is 4.79 Å². The van der Waals surface area contributed by atoms with Crippen molar-refractivity contribution in [2.75, 3.05) is 20.3 Å². The number of carbonyl (C=O) groups excluding carboxylic acids is 2. The molecule has 0 spiro atoms. The minimum absolute atomic E-state index is 0.238. The highest BCUT2D eigenvalue weighted by molar-refractivity contribution is 6.09. The summed E-state index contributed by atoms with van der Waals surface area (Å²) in [7, 11) is 1.71. The number of hydrogen-bond acceptors (Lipinski definition) is 6. The van der Waals surface area contributed by atoms with Gasteiger partial charge in [0.05, 0.1) is 25.9 Å². The van der Waals surface area contributed by atoms with Gasteiger partial charge in [0.1, 0.15) is 17.2 Å². The average Bonchev–Trinajstić information content (AvgIpc) is 3.22. The molecule has 6 nitrogen and oxygen atoms in total. The van der Waals surface area contributed by atoms with Gasteiger partial charge in [-0.05, 0) is 88.3 Å². The minimum atomic E-state index is -0.288. The summed E-state index contributed by atoms with van der Waals surface area (Å²) in [6.07, 6.45) is 10.7. The number of carbonyl (C=O) groups is 2. The van der Waals surface area contributed by atoms with Crippen molar-refractivity contribution in [1.82, 2.24) is 0 Å². The molecule has 0 bridgehead atoms. The summed E-state index contributed by atoms with van der Waals surface area (Å²) < 4.78 is 23.4. The Morgan fingerprint density at radius 3 is 1.73 bits per heavy atom. The fourth-order valence-corrected chi connectivity index (χ4v) is 7.04. The van der Waals surface area contributed by atoms with Crippen molar-refractivity contribution >= 4 is 33.5 Å². The van der Waals surface area contributed by atoms with Crippen molar-refractivity contribution in [3.05, 3.63) is 127 Å². The van der Waals surface area contributed by atoms with Crippen LogP contribution in [0.5, 0.6) is 17.2 Å². The second-order valence-electron chi connectivity index (χ2n) is 14.0. The van der Waals surface area contributed by atoms with E-state index < -0.39 is 0 Å². The van der Waals surface area contributed by atoms with Crippen LogP contribution in [0.25, 0.3) is 43.8 Å². The molecule has 0 aliphatic heterocycles. The van der Waals surface area contributed by atoms with E-state index in [1.54, 1.807) is 19.2 Å². The van der Waals surface area contributed by atoms with Crippen molar-refractivity contribution in [2.45, 2.75) is 77.6 Å². The number of fused-ring (bicyclic) bond motifs is 2. The maximum atomic E-state index is 12.6. The van der Waals surface area contributed by atoms with Gasteiger partial charge in [-0.25, -0.2) is 4.79 Å². The monoisotopic (exact) mass is 736 g/mol. The SMILES string of the molecule is CCCCCCCCOC(=O)c1ccc(-c2ccc(OC(=O)CCCCCCOc3ccc4ccccc4c3-c3c(OC)ccc4ccccc34)cc2)cc1. The van der Waals surface area contributed by atoms with Gasteiger partial charge in [-0.1, -0.05) is 137 Å². The molecule has 0 N–H and O–H groups in total. The van der Waals surface area contributed by atoms with Crippen molar-refractivity contribution in [2.24, 2.45) is 0 Å². The molecule has 55 heavy (non-hydrogen) atoms. The van der Waals surface area contributed by atoms with Crippen LogP contribution in [-0.4, -0.2) is 32.3 Å². The summed E-state index contributed by atoms with van der Waals surface area (Å²) in [6, 6.07) is 39.9. The number of ether oxygens (including phenoxy) is 4. The van der Waals surface area contributed by atoms with Gasteiger partial charge >= 0.3 is 11.9 Å². The molecular formula is C49H52O6. The van der Waals surface area contributed by atoms with Gasteiger partial charge < -0.3 is 18.9 Å². The van der Waals surface area contributed by atoms with Crippen LogP contribution in [0, 0.1) is 0 Å². The normalized spacial score (nSPS) is 11.1. The van der Waals surface area contributed by atoms with E-state index in [9.17, 15) is 9.59 Å². The van der Waals surface area contributed by atoms with E-state index in [-0.39, 0.29) is 11.9 Å². The summed E-state index contributed by atoms with van der Waals surface area (Å²) in [4.78, 5) is 25.1. The number of methoxy groups -OCH3 is 1. The first-order valence-electron chi connectivity index (χ1n) is 19.8. The van der Waals surface area contributed by atoms with Crippen LogP contribution < -0.4 is 14.2 Å². The van der Waals surface area contributed by atoms with Gasteiger partial charge in [0.15, 0.2) is 0 Å². The predicted octanol–water partition coefficient (Wildman–Crippen LogP) is 12.8. The highest BCUT2D eigenvalue weighted by Gasteiger charge is 2.19. The van der Waals surface area contributed by atoms with Gasteiger partial charge in [-0.2, -0.15) is 0 Å². The van der Waals surface area contributed by atoms with Gasteiger partial charge in [-0.15, -0.1) is 0 Å². The van der Waals surface area contributed by atoms with Crippen LogP contribution in [0.1, 0.15) is 87.9 Å². The van der Waals surface area contributed by atoms with Crippen LogP contribution in [0.2, 0.25) is 0 Å². The van der Waals surface area contributed by atoms with Crippen molar-refractivity contribution in [1.29, 1.82) is 0 Å².